The van der Waals surface area contributed by atoms with Gasteiger partial charge in [-0.2, -0.15) is 0 Å². The van der Waals surface area contributed by atoms with Gasteiger partial charge in [-0.05, 0) is 61.4 Å². The van der Waals surface area contributed by atoms with Crippen molar-refractivity contribution in [3.8, 4) is 17.2 Å². The molecule has 0 spiro atoms. The van der Waals surface area contributed by atoms with Crippen LogP contribution in [0.1, 0.15) is 18.1 Å². The number of ether oxygens (including phenoxy) is 2. The summed E-state index contributed by atoms with van der Waals surface area (Å²) in [7, 11) is 0. The maximum atomic E-state index is 13.3. The smallest absolute Gasteiger partial charge is 0.335 e. The van der Waals surface area contributed by atoms with Gasteiger partial charge >= 0.3 is 11.7 Å². The number of nitro groups is 2. The van der Waals surface area contributed by atoms with Crippen LogP contribution in [0.3, 0.4) is 0 Å². The zero-order chi connectivity index (χ0) is 30.0. The monoisotopic (exact) mass is 600 g/mol. The molecule has 0 radical (unpaired) electrons. The number of hydrogen-bond acceptors (Lipinski definition) is 9. The first-order valence-electron chi connectivity index (χ1n) is 11.7. The molecule has 4 amide bonds. The van der Waals surface area contributed by atoms with Crippen LogP contribution in [0.2, 0.25) is 10.0 Å². The molecule has 0 unspecified atom stereocenters. The number of rotatable bonds is 8. The third kappa shape index (κ3) is 5.81. The molecular formula is C26H18Cl2N4O9. The van der Waals surface area contributed by atoms with E-state index in [1.807, 2.05) is 0 Å². The van der Waals surface area contributed by atoms with Gasteiger partial charge in [0, 0.05) is 11.1 Å². The van der Waals surface area contributed by atoms with E-state index in [0.717, 1.165) is 23.1 Å². The molecule has 3 aromatic rings. The van der Waals surface area contributed by atoms with Crippen molar-refractivity contribution in [2.24, 2.45) is 0 Å². The van der Waals surface area contributed by atoms with E-state index in [-0.39, 0.29) is 40.1 Å². The fourth-order valence-electron chi connectivity index (χ4n) is 3.87. The number of barbiturate groups is 1. The maximum absolute atomic E-state index is 13.3. The van der Waals surface area contributed by atoms with Gasteiger partial charge in [-0.25, -0.2) is 9.69 Å². The summed E-state index contributed by atoms with van der Waals surface area (Å²) in [4.78, 5) is 60.3. The quantitative estimate of drug-likeness (QED) is 0.141. The van der Waals surface area contributed by atoms with Gasteiger partial charge < -0.3 is 9.47 Å². The van der Waals surface area contributed by atoms with Crippen LogP contribution >= 0.6 is 23.2 Å². The lowest BCUT2D eigenvalue weighted by Gasteiger charge is -2.27. The number of anilines is 1. The molecule has 41 heavy (non-hydrogen) atoms. The Balaban J connectivity index is 1.76. The molecule has 1 aliphatic rings. The number of imide groups is 2. The average molecular weight is 601 g/mol. The molecule has 13 nitrogen and oxygen atoms in total. The highest BCUT2D eigenvalue weighted by atomic mass is 35.5. The largest absolute Gasteiger partial charge is 0.490 e. The van der Waals surface area contributed by atoms with Gasteiger partial charge in [0.05, 0.1) is 33.2 Å². The number of halogens is 2. The minimum absolute atomic E-state index is 0.0122. The molecule has 1 aliphatic heterocycles. The molecule has 210 valence electrons. The van der Waals surface area contributed by atoms with Crippen molar-refractivity contribution in [2.75, 3.05) is 11.5 Å². The summed E-state index contributed by atoms with van der Waals surface area (Å²) in [6.45, 7) is 3.36. The number of nitrogens with one attached hydrogen (secondary N) is 1. The van der Waals surface area contributed by atoms with E-state index in [2.05, 4.69) is 5.32 Å². The van der Waals surface area contributed by atoms with E-state index in [1.165, 1.54) is 24.3 Å². The highest BCUT2D eigenvalue weighted by molar-refractivity contribution is 6.40. The van der Waals surface area contributed by atoms with Crippen LogP contribution in [0.4, 0.5) is 21.9 Å². The Kier molecular flexibility index (Phi) is 8.21. The molecule has 4 rings (SSSR count). The molecule has 0 aliphatic carbocycles. The zero-order valence-electron chi connectivity index (χ0n) is 21.2. The third-order valence-electron chi connectivity index (χ3n) is 5.79. The second-order valence-electron chi connectivity index (χ2n) is 8.37. The highest BCUT2D eigenvalue weighted by Gasteiger charge is 2.37. The van der Waals surface area contributed by atoms with Gasteiger partial charge in [0.15, 0.2) is 11.5 Å². The van der Waals surface area contributed by atoms with Gasteiger partial charge in [-0.3, -0.25) is 35.1 Å². The number of carbonyl (C=O) groups is 3. The molecule has 1 saturated heterocycles. The van der Waals surface area contributed by atoms with Gasteiger partial charge in [0.2, 0.25) is 5.75 Å². The Morgan fingerprint density at radius 3 is 2.37 bits per heavy atom. The highest BCUT2D eigenvalue weighted by Crippen LogP contribution is 2.43. The van der Waals surface area contributed by atoms with Crippen molar-refractivity contribution in [3.63, 3.8) is 0 Å². The normalized spacial score (nSPS) is 14.2. The zero-order valence-corrected chi connectivity index (χ0v) is 22.7. The molecular weight excluding hydrogens is 583 g/mol. The van der Waals surface area contributed by atoms with Crippen molar-refractivity contribution in [2.45, 2.75) is 13.8 Å². The van der Waals surface area contributed by atoms with Gasteiger partial charge in [-0.15, -0.1) is 0 Å². The van der Waals surface area contributed by atoms with Crippen molar-refractivity contribution in [1.29, 1.82) is 0 Å². The first-order valence-corrected chi connectivity index (χ1v) is 12.4. The lowest BCUT2D eigenvalue weighted by molar-refractivity contribution is -0.394. The second-order valence-corrected chi connectivity index (χ2v) is 9.19. The summed E-state index contributed by atoms with van der Waals surface area (Å²) >= 11 is 12.6. The van der Waals surface area contributed by atoms with E-state index >= 15 is 0 Å². The SMILES string of the molecule is CCOc1cc(/C=C2\C(=O)NC(=O)N(c3cccc(Cl)c3C)C2=O)cc(Cl)c1Oc1ccc([N+](=O)[O-])cc1[N+](=O)[O-]. The number of benzene rings is 3. The third-order valence-corrected chi connectivity index (χ3v) is 6.48. The van der Waals surface area contributed by atoms with E-state index in [0.29, 0.717) is 10.6 Å². The van der Waals surface area contributed by atoms with Crippen LogP contribution < -0.4 is 19.7 Å². The summed E-state index contributed by atoms with van der Waals surface area (Å²) in [6, 6.07) is 9.16. The number of urea groups is 1. The summed E-state index contributed by atoms with van der Waals surface area (Å²) in [5.74, 6) is -2.38. The molecule has 0 saturated carbocycles. The first-order chi connectivity index (χ1) is 19.4. The van der Waals surface area contributed by atoms with Gasteiger partial charge in [-0.1, -0.05) is 29.3 Å². The van der Waals surface area contributed by atoms with E-state index in [4.69, 9.17) is 32.7 Å². The molecule has 3 aromatic carbocycles. The molecule has 0 atom stereocenters. The number of amides is 4. The summed E-state index contributed by atoms with van der Waals surface area (Å²) < 4.78 is 11.3. The Morgan fingerprint density at radius 2 is 1.71 bits per heavy atom. The number of nitrogens with zero attached hydrogens (tertiary/aromatic N) is 3. The number of nitro benzene ring substituents is 2. The van der Waals surface area contributed by atoms with Crippen LogP contribution in [0, 0.1) is 27.2 Å². The molecule has 0 aromatic heterocycles. The molecule has 0 bridgehead atoms. The fraction of sp³-hybridized carbons (Fsp3) is 0.115. The van der Waals surface area contributed by atoms with Crippen LogP contribution in [0.25, 0.3) is 6.08 Å². The van der Waals surface area contributed by atoms with E-state index in [9.17, 15) is 34.6 Å². The van der Waals surface area contributed by atoms with Gasteiger partial charge in [0.25, 0.3) is 17.5 Å². The predicted octanol–water partition coefficient (Wildman–Crippen LogP) is 5.98. The summed E-state index contributed by atoms with van der Waals surface area (Å²) in [6.07, 6.45) is 1.18. The topological polar surface area (TPSA) is 171 Å². The Bertz CT molecular complexity index is 1670. The molecule has 1 fully saturated rings. The Labute approximate surface area is 241 Å². The van der Waals surface area contributed by atoms with Crippen molar-refractivity contribution >= 4 is 64.2 Å². The summed E-state index contributed by atoms with van der Waals surface area (Å²) in [5.41, 5.74) is -0.788. The summed E-state index contributed by atoms with van der Waals surface area (Å²) in [5, 5.41) is 24.9. The maximum Gasteiger partial charge on any atom is 0.335 e. The molecule has 15 heteroatoms. The minimum Gasteiger partial charge on any atom is -0.490 e. The van der Waals surface area contributed by atoms with Crippen LogP contribution in [-0.2, 0) is 9.59 Å². The second kappa shape index (κ2) is 11.6. The first kappa shape index (κ1) is 29.0. The Morgan fingerprint density at radius 1 is 0.976 bits per heavy atom. The van der Waals surface area contributed by atoms with Crippen LogP contribution in [0.5, 0.6) is 17.2 Å². The number of non-ortho nitro benzene ring substituents is 1. The standard InChI is InChI=1S/C26H18Cl2N4O9/c1-3-40-22-11-14(10-18(28)23(22)41-21-8-7-15(31(36)37)12-20(21)32(38)39)9-16-24(33)29-26(35)30(25(16)34)19-6-4-5-17(27)13(19)2/h4-12H,3H2,1-2H3,(H,29,33,35)/b16-9+. The average Bonchev–Trinajstić information content (AvgIpc) is 2.90. The molecule has 1 N–H and O–H groups in total. The van der Waals surface area contributed by atoms with Crippen LogP contribution in [-0.4, -0.2) is 34.3 Å². The van der Waals surface area contributed by atoms with Crippen molar-refractivity contribution in [1.82, 2.24) is 5.32 Å². The van der Waals surface area contributed by atoms with E-state index < -0.39 is 44.6 Å². The lowest BCUT2D eigenvalue weighted by Crippen LogP contribution is -2.54. The fourth-order valence-corrected chi connectivity index (χ4v) is 4.30. The van der Waals surface area contributed by atoms with Gasteiger partial charge in [0.1, 0.15) is 5.57 Å². The predicted molar refractivity (Wildman–Crippen MR) is 148 cm³/mol. The molecule has 1 heterocycles. The number of carbonyl (C=O) groups excluding carboxylic acids is 3. The van der Waals surface area contributed by atoms with Crippen molar-refractivity contribution in [3.05, 3.63) is 95.5 Å². The minimum atomic E-state index is -0.955. The lowest BCUT2D eigenvalue weighted by atomic mass is 10.1. The number of hydrogen-bond donors (Lipinski definition) is 1. The Hall–Kier alpha value is -5.01. The van der Waals surface area contributed by atoms with Crippen molar-refractivity contribution < 1.29 is 33.7 Å². The van der Waals surface area contributed by atoms with Crippen LogP contribution in [0.15, 0.2) is 54.1 Å². The van der Waals surface area contributed by atoms with E-state index in [1.54, 1.807) is 26.0 Å².